The fraction of sp³-hybridized carbons (Fsp3) is 0.957. The highest BCUT2D eigenvalue weighted by molar-refractivity contribution is 5.68. The van der Waals surface area contributed by atoms with Crippen LogP contribution in [0.1, 0.15) is 111 Å². The lowest BCUT2D eigenvalue weighted by molar-refractivity contribution is -0.0248. The molecule has 0 spiro atoms. The normalized spacial score (nSPS) is 15.0. The molecule has 0 aromatic heterocycles. The van der Waals surface area contributed by atoms with E-state index in [0.717, 1.165) is 19.3 Å². The van der Waals surface area contributed by atoms with E-state index in [1.807, 2.05) is 0 Å². The largest absolute Gasteiger partial charge is 0.444 e. The lowest BCUT2D eigenvalue weighted by Crippen LogP contribution is -2.51. The van der Waals surface area contributed by atoms with Crippen molar-refractivity contribution in [3.8, 4) is 0 Å². The second kappa shape index (κ2) is 16.9. The predicted molar refractivity (Wildman–Crippen MR) is 118 cm³/mol. The summed E-state index contributed by atoms with van der Waals surface area (Å²) in [4.78, 5) is 11.8. The summed E-state index contributed by atoms with van der Waals surface area (Å²) in [6.07, 6.45) is 12.4. The third-order valence-corrected chi connectivity index (χ3v) is 5.06. The Morgan fingerprint density at radius 2 is 1.31 bits per heavy atom. The SMILES string of the molecule is CCCCCCCCCCCCCC[C@@H](O)[C@H](O)[C@H](CO)NC(=O)OC(C)(C)C. The number of rotatable bonds is 17. The zero-order chi connectivity index (χ0) is 22.1. The quantitative estimate of drug-likeness (QED) is 0.257. The first kappa shape index (κ1) is 28.1. The van der Waals surface area contributed by atoms with Crippen LogP contribution in [0, 0.1) is 0 Å². The average molecular weight is 418 g/mol. The first-order valence-electron chi connectivity index (χ1n) is 11.7. The maximum absolute atomic E-state index is 11.8. The Morgan fingerprint density at radius 1 is 0.862 bits per heavy atom. The summed E-state index contributed by atoms with van der Waals surface area (Å²) in [7, 11) is 0. The van der Waals surface area contributed by atoms with Gasteiger partial charge in [-0.15, -0.1) is 0 Å². The minimum absolute atomic E-state index is 0.449. The molecule has 0 rings (SSSR count). The van der Waals surface area contributed by atoms with Gasteiger partial charge in [0.05, 0.1) is 18.8 Å². The maximum atomic E-state index is 11.8. The van der Waals surface area contributed by atoms with Gasteiger partial charge in [0, 0.05) is 0 Å². The zero-order valence-corrected chi connectivity index (χ0v) is 19.3. The van der Waals surface area contributed by atoms with Crippen molar-refractivity contribution in [2.75, 3.05) is 6.61 Å². The van der Waals surface area contributed by atoms with E-state index in [4.69, 9.17) is 4.74 Å². The molecular formula is C23H47NO5. The summed E-state index contributed by atoms with van der Waals surface area (Å²) in [5.41, 5.74) is -0.664. The summed E-state index contributed by atoms with van der Waals surface area (Å²) < 4.78 is 5.12. The number of ether oxygens (including phenoxy) is 1. The Kier molecular flexibility index (Phi) is 16.4. The van der Waals surface area contributed by atoms with Gasteiger partial charge in [0.1, 0.15) is 11.7 Å². The first-order chi connectivity index (χ1) is 13.7. The fourth-order valence-electron chi connectivity index (χ4n) is 3.33. The number of hydrogen-bond donors (Lipinski definition) is 4. The molecule has 0 saturated carbocycles. The Balaban J connectivity index is 3.81. The molecule has 29 heavy (non-hydrogen) atoms. The number of alkyl carbamates (subject to hydrolysis) is 1. The van der Waals surface area contributed by atoms with Gasteiger partial charge in [0.2, 0.25) is 0 Å². The number of nitrogens with one attached hydrogen (secondary N) is 1. The van der Waals surface area contributed by atoms with Crippen LogP contribution >= 0.6 is 0 Å². The highest BCUT2D eigenvalue weighted by Gasteiger charge is 2.28. The zero-order valence-electron chi connectivity index (χ0n) is 19.3. The van der Waals surface area contributed by atoms with Gasteiger partial charge >= 0.3 is 6.09 Å². The molecule has 4 N–H and O–H groups in total. The number of carbonyl (C=O) groups excluding carboxylic acids is 1. The predicted octanol–water partition coefficient (Wildman–Crippen LogP) is 4.69. The van der Waals surface area contributed by atoms with Crippen LogP contribution in [-0.2, 0) is 4.74 Å². The van der Waals surface area contributed by atoms with Crippen molar-refractivity contribution < 1.29 is 24.9 Å². The Hall–Kier alpha value is -0.850. The highest BCUT2D eigenvalue weighted by Crippen LogP contribution is 2.15. The van der Waals surface area contributed by atoms with Crippen LogP contribution in [0.15, 0.2) is 0 Å². The van der Waals surface area contributed by atoms with E-state index < -0.39 is 36.6 Å². The second-order valence-electron chi connectivity index (χ2n) is 9.17. The third-order valence-electron chi connectivity index (χ3n) is 5.06. The first-order valence-corrected chi connectivity index (χ1v) is 11.7. The Labute approximate surface area is 178 Å². The van der Waals surface area contributed by atoms with E-state index >= 15 is 0 Å². The van der Waals surface area contributed by atoms with E-state index in [1.165, 1.54) is 57.8 Å². The van der Waals surface area contributed by atoms with Crippen molar-refractivity contribution >= 4 is 6.09 Å². The van der Waals surface area contributed by atoms with Crippen LogP contribution in [0.3, 0.4) is 0 Å². The van der Waals surface area contributed by atoms with Gasteiger partial charge in [0.25, 0.3) is 0 Å². The molecule has 0 aliphatic carbocycles. The molecule has 0 bridgehead atoms. The topological polar surface area (TPSA) is 99.0 Å². The molecule has 0 heterocycles. The van der Waals surface area contributed by atoms with Crippen LogP contribution < -0.4 is 5.32 Å². The number of unbranched alkanes of at least 4 members (excludes halogenated alkanes) is 11. The number of carbonyl (C=O) groups is 1. The molecule has 0 saturated heterocycles. The summed E-state index contributed by atoms with van der Waals surface area (Å²) >= 11 is 0. The average Bonchev–Trinajstić information content (AvgIpc) is 2.64. The second-order valence-corrected chi connectivity index (χ2v) is 9.17. The van der Waals surface area contributed by atoms with E-state index in [1.54, 1.807) is 20.8 Å². The molecule has 0 aliphatic rings. The van der Waals surface area contributed by atoms with Gasteiger partial charge in [-0.25, -0.2) is 4.79 Å². The smallest absolute Gasteiger partial charge is 0.408 e. The fourth-order valence-corrected chi connectivity index (χ4v) is 3.33. The van der Waals surface area contributed by atoms with E-state index in [2.05, 4.69) is 12.2 Å². The minimum atomic E-state index is -1.22. The standard InChI is InChI=1S/C23H47NO5/c1-5-6-7-8-9-10-11-12-13-14-15-16-17-20(26)21(27)19(18-25)24-22(28)29-23(2,3)4/h19-21,25-27H,5-18H2,1-4H3,(H,24,28)/t19-,20+,21+/m0/s1. The summed E-state index contributed by atoms with van der Waals surface area (Å²) in [6, 6.07) is -0.947. The van der Waals surface area contributed by atoms with Crippen molar-refractivity contribution in [1.82, 2.24) is 5.32 Å². The Morgan fingerprint density at radius 3 is 1.72 bits per heavy atom. The summed E-state index contributed by atoms with van der Waals surface area (Å²) in [6.45, 7) is 6.99. The molecule has 1 amide bonds. The molecule has 0 aromatic carbocycles. The van der Waals surface area contributed by atoms with Crippen LogP contribution in [-0.4, -0.2) is 51.9 Å². The van der Waals surface area contributed by atoms with Crippen LogP contribution in [0.5, 0.6) is 0 Å². The van der Waals surface area contributed by atoms with E-state index in [-0.39, 0.29) is 0 Å². The molecule has 6 nitrogen and oxygen atoms in total. The van der Waals surface area contributed by atoms with Gasteiger partial charge in [-0.2, -0.15) is 0 Å². The van der Waals surface area contributed by atoms with Crippen molar-refractivity contribution in [2.45, 2.75) is 135 Å². The third kappa shape index (κ3) is 16.6. The molecule has 3 atom stereocenters. The molecule has 0 aromatic rings. The van der Waals surface area contributed by atoms with Gasteiger partial charge in [-0.05, 0) is 27.2 Å². The minimum Gasteiger partial charge on any atom is -0.444 e. The van der Waals surface area contributed by atoms with Crippen molar-refractivity contribution in [3.05, 3.63) is 0 Å². The van der Waals surface area contributed by atoms with Crippen molar-refractivity contribution in [3.63, 3.8) is 0 Å². The van der Waals surface area contributed by atoms with Crippen LogP contribution in [0.4, 0.5) is 4.79 Å². The molecule has 174 valence electrons. The Bertz CT molecular complexity index is 397. The molecule has 0 radical (unpaired) electrons. The highest BCUT2D eigenvalue weighted by atomic mass is 16.6. The monoisotopic (exact) mass is 417 g/mol. The van der Waals surface area contributed by atoms with Crippen molar-refractivity contribution in [2.24, 2.45) is 0 Å². The molecule has 0 fully saturated rings. The summed E-state index contributed by atoms with van der Waals surface area (Å²) in [5.74, 6) is 0. The lowest BCUT2D eigenvalue weighted by Gasteiger charge is -2.28. The van der Waals surface area contributed by atoms with Gasteiger partial charge in [-0.3, -0.25) is 0 Å². The molecule has 0 aliphatic heterocycles. The maximum Gasteiger partial charge on any atom is 0.408 e. The van der Waals surface area contributed by atoms with Gasteiger partial charge in [0.15, 0.2) is 0 Å². The molecule has 6 heteroatoms. The van der Waals surface area contributed by atoms with Crippen LogP contribution in [0.25, 0.3) is 0 Å². The lowest BCUT2D eigenvalue weighted by atomic mass is 9.99. The van der Waals surface area contributed by atoms with Gasteiger partial charge < -0.3 is 25.4 Å². The van der Waals surface area contributed by atoms with E-state index in [9.17, 15) is 20.1 Å². The molecule has 0 unspecified atom stereocenters. The summed E-state index contributed by atoms with van der Waals surface area (Å²) in [5, 5.41) is 32.2. The number of amides is 1. The number of aliphatic hydroxyl groups excluding tert-OH is 3. The van der Waals surface area contributed by atoms with Gasteiger partial charge in [-0.1, -0.05) is 84.0 Å². The molecular weight excluding hydrogens is 370 g/mol. The number of hydrogen-bond acceptors (Lipinski definition) is 5. The van der Waals surface area contributed by atoms with Crippen molar-refractivity contribution in [1.29, 1.82) is 0 Å². The number of aliphatic hydroxyl groups is 3. The van der Waals surface area contributed by atoms with Crippen LogP contribution in [0.2, 0.25) is 0 Å². The van der Waals surface area contributed by atoms with E-state index in [0.29, 0.717) is 6.42 Å².